The molecule has 0 aliphatic carbocycles. The van der Waals surface area contributed by atoms with Crippen LogP contribution in [-0.4, -0.2) is 17.6 Å². The maximum Gasteiger partial charge on any atom is 0.251 e. The normalized spacial score (nSPS) is 11.9. The van der Waals surface area contributed by atoms with Crippen molar-refractivity contribution >= 4 is 17.2 Å². The van der Waals surface area contributed by atoms with Crippen molar-refractivity contribution in [2.45, 2.75) is 32.4 Å². The second-order valence-corrected chi connectivity index (χ2v) is 7.33. The van der Waals surface area contributed by atoms with E-state index in [1.807, 2.05) is 24.3 Å². The number of carbonyl (C=O) groups is 1. The topological polar surface area (TPSA) is 71.7 Å². The first-order valence-electron chi connectivity index (χ1n) is 8.98. The van der Waals surface area contributed by atoms with Gasteiger partial charge in [0.25, 0.3) is 5.91 Å². The largest absolute Gasteiger partial charge is 0.494 e. The van der Waals surface area contributed by atoms with Crippen molar-refractivity contribution in [1.29, 1.82) is 0 Å². The molecular formula is C21H23NO4S. The molecule has 3 aromatic rings. The summed E-state index contributed by atoms with van der Waals surface area (Å²) in [7, 11) is 0. The summed E-state index contributed by atoms with van der Waals surface area (Å²) in [6.45, 7) is 3.21. The van der Waals surface area contributed by atoms with Gasteiger partial charge in [-0.2, -0.15) is 0 Å². The van der Waals surface area contributed by atoms with Gasteiger partial charge in [0.15, 0.2) is 0 Å². The third-order valence-corrected chi connectivity index (χ3v) is 5.21. The van der Waals surface area contributed by atoms with Crippen LogP contribution in [-0.2, 0) is 6.54 Å². The fourth-order valence-electron chi connectivity index (χ4n) is 2.53. The number of benzene rings is 1. The Morgan fingerprint density at radius 1 is 1.22 bits per heavy atom. The minimum Gasteiger partial charge on any atom is -0.494 e. The molecule has 0 unspecified atom stereocenters. The molecule has 0 aliphatic heterocycles. The molecule has 1 atom stereocenters. The number of aliphatic hydroxyl groups excluding tert-OH is 1. The summed E-state index contributed by atoms with van der Waals surface area (Å²) in [5.74, 6) is 1.14. The summed E-state index contributed by atoms with van der Waals surface area (Å²) >= 11 is 1.45. The lowest BCUT2D eigenvalue weighted by atomic mass is 10.2. The van der Waals surface area contributed by atoms with Crippen LogP contribution < -0.4 is 10.1 Å². The van der Waals surface area contributed by atoms with Crippen LogP contribution in [0, 0.1) is 0 Å². The van der Waals surface area contributed by atoms with E-state index >= 15 is 0 Å². The number of hydrogen-bond donors (Lipinski definition) is 2. The number of nitrogens with one attached hydrogen (secondary N) is 1. The van der Waals surface area contributed by atoms with Gasteiger partial charge in [-0.3, -0.25) is 4.79 Å². The van der Waals surface area contributed by atoms with Crippen LogP contribution in [0.25, 0.3) is 0 Å². The van der Waals surface area contributed by atoms with Crippen molar-refractivity contribution in [3.63, 3.8) is 0 Å². The van der Waals surface area contributed by atoms with Crippen LogP contribution in [0.1, 0.15) is 51.7 Å². The molecule has 27 heavy (non-hydrogen) atoms. The maximum atomic E-state index is 12.3. The van der Waals surface area contributed by atoms with Gasteiger partial charge >= 0.3 is 0 Å². The highest BCUT2D eigenvalue weighted by Gasteiger charge is 2.16. The summed E-state index contributed by atoms with van der Waals surface area (Å²) in [6, 6.07) is 14.4. The first kappa shape index (κ1) is 19.2. The SMILES string of the molecule is CCCCOc1ccc(C(=O)NCc2ccc([C@@H](O)c3ccco3)s2)cc1. The monoisotopic (exact) mass is 385 g/mol. The molecule has 1 amide bonds. The predicted octanol–water partition coefficient (Wildman–Crippen LogP) is 4.53. The Morgan fingerprint density at radius 2 is 2.04 bits per heavy atom. The van der Waals surface area contributed by atoms with E-state index in [0.717, 1.165) is 28.3 Å². The molecule has 0 spiro atoms. The number of unbranched alkanes of at least 4 members (excludes halogenated alkanes) is 1. The van der Waals surface area contributed by atoms with Gasteiger partial charge in [-0.05, 0) is 55.0 Å². The molecule has 3 rings (SSSR count). The Hall–Kier alpha value is -2.57. The maximum absolute atomic E-state index is 12.3. The van der Waals surface area contributed by atoms with Crippen LogP contribution in [0.4, 0.5) is 0 Å². The third-order valence-electron chi connectivity index (χ3n) is 4.07. The lowest BCUT2D eigenvalue weighted by molar-refractivity contribution is 0.0951. The molecule has 2 heterocycles. The van der Waals surface area contributed by atoms with E-state index in [0.29, 0.717) is 24.5 Å². The van der Waals surface area contributed by atoms with Crippen molar-refractivity contribution in [2.24, 2.45) is 0 Å². The summed E-state index contributed by atoms with van der Waals surface area (Å²) < 4.78 is 10.8. The van der Waals surface area contributed by atoms with Crippen molar-refractivity contribution in [3.8, 4) is 5.75 Å². The Morgan fingerprint density at radius 3 is 2.74 bits per heavy atom. The van der Waals surface area contributed by atoms with Gasteiger partial charge in [-0.25, -0.2) is 0 Å². The number of hydrogen-bond acceptors (Lipinski definition) is 5. The van der Waals surface area contributed by atoms with Gasteiger partial charge in [0, 0.05) is 15.3 Å². The first-order chi connectivity index (χ1) is 13.2. The number of amides is 1. The zero-order valence-corrected chi connectivity index (χ0v) is 16.0. The average molecular weight is 385 g/mol. The van der Waals surface area contributed by atoms with Crippen molar-refractivity contribution in [2.75, 3.05) is 6.61 Å². The summed E-state index contributed by atoms with van der Waals surface area (Å²) in [5, 5.41) is 13.2. The lowest BCUT2D eigenvalue weighted by Crippen LogP contribution is -2.22. The molecule has 1 aromatic carbocycles. The molecule has 5 nitrogen and oxygen atoms in total. The van der Waals surface area contributed by atoms with Gasteiger partial charge in [0.2, 0.25) is 0 Å². The van der Waals surface area contributed by atoms with E-state index in [1.165, 1.54) is 17.6 Å². The number of rotatable bonds is 9. The zero-order valence-electron chi connectivity index (χ0n) is 15.2. The van der Waals surface area contributed by atoms with Crippen LogP contribution in [0.15, 0.2) is 59.2 Å². The smallest absolute Gasteiger partial charge is 0.251 e. The number of thiophene rings is 1. The Balaban J connectivity index is 1.52. The molecule has 0 radical (unpaired) electrons. The van der Waals surface area contributed by atoms with Crippen LogP contribution in [0.5, 0.6) is 5.75 Å². The second-order valence-electron chi connectivity index (χ2n) is 6.13. The highest BCUT2D eigenvalue weighted by Crippen LogP contribution is 2.28. The average Bonchev–Trinajstić information content (AvgIpc) is 3.38. The van der Waals surface area contributed by atoms with Gasteiger partial charge in [0.1, 0.15) is 17.6 Å². The molecule has 0 saturated heterocycles. The quantitative estimate of drug-likeness (QED) is 0.531. The standard InChI is InChI=1S/C21H23NO4S/c1-2-3-12-25-16-8-6-15(7-9-16)21(24)22-14-17-10-11-19(27-17)20(23)18-5-4-13-26-18/h4-11,13,20,23H,2-3,12,14H2,1H3,(H,22,24)/t20-/m0/s1. The Labute approximate surface area is 162 Å². The van der Waals surface area contributed by atoms with E-state index < -0.39 is 6.10 Å². The van der Waals surface area contributed by atoms with Gasteiger partial charge < -0.3 is 19.6 Å². The third kappa shape index (κ3) is 5.21. The van der Waals surface area contributed by atoms with E-state index in [9.17, 15) is 9.90 Å². The molecular weight excluding hydrogens is 362 g/mol. The number of furan rings is 1. The number of carbonyl (C=O) groups excluding carboxylic acids is 1. The number of ether oxygens (including phenoxy) is 1. The van der Waals surface area contributed by atoms with Crippen molar-refractivity contribution in [3.05, 3.63) is 75.9 Å². The molecule has 0 bridgehead atoms. The van der Waals surface area contributed by atoms with Crippen molar-refractivity contribution < 1.29 is 19.1 Å². The van der Waals surface area contributed by atoms with E-state index in [-0.39, 0.29) is 5.91 Å². The summed E-state index contributed by atoms with van der Waals surface area (Å²) in [5.41, 5.74) is 0.588. The fourth-order valence-corrected chi connectivity index (χ4v) is 3.48. The summed E-state index contributed by atoms with van der Waals surface area (Å²) in [6.07, 6.45) is 2.85. The lowest BCUT2D eigenvalue weighted by Gasteiger charge is -2.07. The van der Waals surface area contributed by atoms with Gasteiger partial charge in [0.05, 0.1) is 19.4 Å². The second kappa shape index (κ2) is 9.39. The molecule has 2 aromatic heterocycles. The molecule has 6 heteroatoms. The molecule has 0 saturated carbocycles. The van der Waals surface area contributed by atoms with Crippen molar-refractivity contribution in [1.82, 2.24) is 5.32 Å². The van der Waals surface area contributed by atoms with Crippen LogP contribution in [0.2, 0.25) is 0 Å². The molecule has 142 valence electrons. The summed E-state index contributed by atoms with van der Waals surface area (Å²) in [4.78, 5) is 14.0. The molecule has 0 fully saturated rings. The first-order valence-corrected chi connectivity index (χ1v) is 9.80. The van der Waals surface area contributed by atoms with Gasteiger partial charge in [-0.1, -0.05) is 13.3 Å². The highest BCUT2D eigenvalue weighted by molar-refractivity contribution is 7.12. The Bertz CT molecular complexity index is 839. The fraction of sp³-hybridized carbons (Fsp3) is 0.286. The van der Waals surface area contributed by atoms with Gasteiger partial charge in [-0.15, -0.1) is 11.3 Å². The predicted molar refractivity (Wildman–Crippen MR) is 105 cm³/mol. The van der Waals surface area contributed by atoms with Crippen LogP contribution in [0.3, 0.4) is 0 Å². The van der Waals surface area contributed by atoms with E-state index in [2.05, 4.69) is 12.2 Å². The van der Waals surface area contributed by atoms with E-state index in [1.54, 1.807) is 24.3 Å². The minimum atomic E-state index is -0.783. The Kier molecular flexibility index (Phi) is 6.68. The zero-order chi connectivity index (χ0) is 19.1. The van der Waals surface area contributed by atoms with E-state index in [4.69, 9.17) is 9.15 Å². The number of aliphatic hydroxyl groups is 1. The minimum absolute atomic E-state index is 0.142. The van der Waals surface area contributed by atoms with Crippen LogP contribution >= 0.6 is 11.3 Å². The molecule has 2 N–H and O–H groups in total. The highest BCUT2D eigenvalue weighted by atomic mass is 32.1. The molecule has 0 aliphatic rings.